The third-order valence-electron chi connectivity index (χ3n) is 4.00. The van der Waals surface area contributed by atoms with Crippen LogP contribution in [0.2, 0.25) is 5.02 Å². The predicted octanol–water partition coefficient (Wildman–Crippen LogP) is 5.62. The number of hydrogen-bond donors (Lipinski definition) is 1. The number of ether oxygens (including phenoxy) is 1. The molecule has 2 aromatic carbocycles. The zero-order valence-corrected chi connectivity index (χ0v) is 17.5. The van der Waals surface area contributed by atoms with Crippen LogP contribution >= 0.6 is 27.5 Å². The topological polar surface area (TPSA) is 90.1 Å². The molecule has 4 aromatic rings. The van der Waals surface area contributed by atoms with E-state index in [1.165, 1.54) is 0 Å². The summed E-state index contributed by atoms with van der Waals surface area (Å²) in [6.45, 7) is 1.92. The second-order valence-electron chi connectivity index (χ2n) is 5.97. The number of aromatic nitrogens is 3. The molecule has 29 heavy (non-hydrogen) atoms. The summed E-state index contributed by atoms with van der Waals surface area (Å²) < 4.78 is 11.3. The highest BCUT2D eigenvalue weighted by Crippen LogP contribution is 2.34. The van der Waals surface area contributed by atoms with Crippen LogP contribution in [0.3, 0.4) is 0 Å². The maximum atomic E-state index is 12.2. The summed E-state index contributed by atoms with van der Waals surface area (Å²) in [4.78, 5) is 20.8. The molecule has 0 aliphatic rings. The zero-order valence-electron chi connectivity index (χ0n) is 15.1. The van der Waals surface area contributed by atoms with E-state index in [0.29, 0.717) is 21.9 Å². The minimum Gasteiger partial charge on any atom is -0.460 e. The number of benzene rings is 2. The highest BCUT2D eigenvalue weighted by Gasteiger charge is 2.22. The Balaban J connectivity index is 1.89. The SMILES string of the molecule is CCOC(=O)c1nc(Nc2cccc(Br)c2)c2c(-c3ccc(Cl)cc3)noc2n1. The average molecular weight is 474 g/mol. The number of fused-ring (bicyclic) bond motifs is 1. The fraction of sp³-hybridized carbons (Fsp3) is 0.100. The van der Waals surface area contributed by atoms with Crippen LogP contribution in [0, 0.1) is 0 Å². The Morgan fingerprint density at radius 3 is 2.72 bits per heavy atom. The molecule has 7 nitrogen and oxygen atoms in total. The van der Waals surface area contributed by atoms with Gasteiger partial charge in [0.25, 0.3) is 5.71 Å². The molecule has 0 saturated carbocycles. The fourth-order valence-electron chi connectivity index (χ4n) is 2.74. The quantitative estimate of drug-likeness (QED) is 0.376. The van der Waals surface area contributed by atoms with E-state index >= 15 is 0 Å². The summed E-state index contributed by atoms with van der Waals surface area (Å²) in [5, 5.41) is 8.51. The second-order valence-corrected chi connectivity index (χ2v) is 7.32. The van der Waals surface area contributed by atoms with E-state index in [0.717, 1.165) is 15.7 Å². The van der Waals surface area contributed by atoms with Crippen LogP contribution in [0.25, 0.3) is 22.4 Å². The minimum absolute atomic E-state index is 0.115. The maximum absolute atomic E-state index is 12.2. The molecule has 4 rings (SSSR count). The molecule has 9 heteroatoms. The molecule has 0 saturated heterocycles. The number of halogens is 2. The zero-order chi connectivity index (χ0) is 20.4. The lowest BCUT2D eigenvalue weighted by molar-refractivity contribution is 0.0512. The largest absolute Gasteiger partial charge is 0.460 e. The van der Waals surface area contributed by atoms with Gasteiger partial charge in [0.2, 0.25) is 5.82 Å². The lowest BCUT2D eigenvalue weighted by atomic mass is 10.1. The number of anilines is 2. The molecule has 0 bridgehead atoms. The molecule has 0 atom stereocenters. The minimum atomic E-state index is -0.642. The van der Waals surface area contributed by atoms with E-state index < -0.39 is 5.97 Å². The maximum Gasteiger partial charge on any atom is 0.376 e. The van der Waals surface area contributed by atoms with E-state index in [4.69, 9.17) is 20.9 Å². The monoisotopic (exact) mass is 472 g/mol. The Kier molecular flexibility index (Phi) is 5.46. The van der Waals surface area contributed by atoms with Crippen LogP contribution in [0.1, 0.15) is 17.5 Å². The lowest BCUT2D eigenvalue weighted by Crippen LogP contribution is -2.11. The summed E-state index contributed by atoms with van der Waals surface area (Å²) >= 11 is 9.44. The molecule has 0 aliphatic carbocycles. The molecular formula is C20H14BrClN4O3. The average Bonchev–Trinajstić information content (AvgIpc) is 3.13. The van der Waals surface area contributed by atoms with Crippen molar-refractivity contribution in [2.24, 2.45) is 0 Å². The molecule has 0 unspecified atom stereocenters. The summed E-state index contributed by atoms with van der Waals surface area (Å²) in [6, 6.07) is 14.7. The van der Waals surface area contributed by atoms with E-state index in [9.17, 15) is 4.79 Å². The van der Waals surface area contributed by atoms with Crippen LogP contribution in [-0.4, -0.2) is 27.7 Å². The molecule has 0 aliphatic heterocycles. The van der Waals surface area contributed by atoms with Crippen molar-refractivity contribution in [1.82, 2.24) is 15.1 Å². The number of nitrogens with one attached hydrogen (secondary N) is 1. The first kappa shape index (κ1) is 19.4. The molecule has 146 valence electrons. The predicted molar refractivity (Wildman–Crippen MR) is 113 cm³/mol. The van der Waals surface area contributed by atoms with E-state index in [2.05, 4.69) is 36.4 Å². The summed E-state index contributed by atoms with van der Waals surface area (Å²) in [6.07, 6.45) is 0. The van der Waals surface area contributed by atoms with Gasteiger partial charge in [-0.2, -0.15) is 4.98 Å². The number of carbonyl (C=O) groups excluding carboxylic acids is 1. The number of nitrogens with zero attached hydrogens (tertiary/aromatic N) is 3. The van der Waals surface area contributed by atoms with Gasteiger partial charge in [-0.1, -0.05) is 50.9 Å². The number of rotatable bonds is 5. The Hall–Kier alpha value is -2.97. The van der Waals surface area contributed by atoms with Gasteiger partial charge in [0.05, 0.1) is 6.61 Å². The van der Waals surface area contributed by atoms with Gasteiger partial charge < -0.3 is 14.6 Å². The normalized spacial score (nSPS) is 10.9. The van der Waals surface area contributed by atoms with E-state index in [-0.39, 0.29) is 18.1 Å². The van der Waals surface area contributed by atoms with Gasteiger partial charge in [0.1, 0.15) is 16.9 Å². The highest BCUT2D eigenvalue weighted by molar-refractivity contribution is 9.10. The van der Waals surface area contributed by atoms with Gasteiger partial charge >= 0.3 is 5.97 Å². The highest BCUT2D eigenvalue weighted by atomic mass is 79.9. The summed E-state index contributed by atoms with van der Waals surface area (Å²) in [7, 11) is 0. The molecule has 0 amide bonds. The van der Waals surface area contributed by atoms with Crippen LogP contribution < -0.4 is 5.32 Å². The first-order chi connectivity index (χ1) is 14.0. The van der Waals surface area contributed by atoms with E-state index in [1.807, 2.05) is 36.4 Å². The molecule has 0 radical (unpaired) electrons. The third kappa shape index (κ3) is 4.08. The number of esters is 1. The number of hydrogen-bond acceptors (Lipinski definition) is 7. The van der Waals surface area contributed by atoms with Crippen LogP contribution in [0.5, 0.6) is 0 Å². The Bertz CT molecular complexity index is 1190. The van der Waals surface area contributed by atoms with Crippen molar-refractivity contribution in [3.8, 4) is 11.3 Å². The van der Waals surface area contributed by atoms with Gasteiger partial charge in [-0.15, -0.1) is 0 Å². The molecule has 2 heterocycles. The van der Waals surface area contributed by atoms with Crippen molar-refractivity contribution >= 4 is 56.1 Å². The number of carbonyl (C=O) groups is 1. The van der Waals surface area contributed by atoms with Crippen molar-refractivity contribution in [2.75, 3.05) is 11.9 Å². The van der Waals surface area contributed by atoms with Crippen LogP contribution in [0.15, 0.2) is 57.5 Å². The van der Waals surface area contributed by atoms with Crippen molar-refractivity contribution in [2.45, 2.75) is 6.92 Å². The first-order valence-electron chi connectivity index (χ1n) is 8.68. The smallest absolute Gasteiger partial charge is 0.376 e. The Morgan fingerprint density at radius 1 is 1.21 bits per heavy atom. The van der Waals surface area contributed by atoms with Crippen molar-refractivity contribution in [3.05, 3.63) is 63.9 Å². The molecule has 1 N–H and O–H groups in total. The van der Waals surface area contributed by atoms with Gasteiger partial charge in [-0.3, -0.25) is 0 Å². The van der Waals surface area contributed by atoms with Crippen molar-refractivity contribution < 1.29 is 14.1 Å². The molecule has 0 spiro atoms. The third-order valence-corrected chi connectivity index (χ3v) is 4.74. The van der Waals surface area contributed by atoms with Crippen molar-refractivity contribution in [3.63, 3.8) is 0 Å². The lowest BCUT2D eigenvalue weighted by Gasteiger charge is -2.09. The van der Waals surface area contributed by atoms with E-state index in [1.54, 1.807) is 19.1 Å². The van der Waals surface area contributed by atoms with Crippen LogP contribution in [-0.2, 0) is 4.74 Å². The van der Waals surface area contributed by atoms with Gasteiger partial charge in [-0.25, -0.2) is 9.78 Å². The molecule has 2 aromatic heterocycles. The second kappa shape index (κ2) is 8.18. The first-order valence-corrected chi connectivity index (χ1v) is 9.85. The summed E-state index contributed by atoms with van der Waals surface area (Å²) in [5.41, 5.74) is 2.24. The Morgan fingerprint density at radius 2 is 2.00 bits per heavy atom. The van der Waals surface area contributed by atoms with Gasteiger partial charge in [0.15, 0.2) is 0 Å². The van der Waals surface area contributed by atoms with Crippen molar-refractivity contribution in [1.29, 1.82) is 0 Å². The summed E-state index contributed by atoms with van der Waals surface area (Å²) in [5.74, 6) is -0.380. The Labute approximate surface area is 179 Å². The van der Waals surface area contributed by atoms with Gasteiger partial charge in [-0.05, 0) is 37.3 Å². The molecular weight excluding hydrogens is 460 g/mol. The molecule has 0 fully saturated rings. The van der Waals surface area contributed by atoms with Gasteiger partial charge in [0, 0.05) is 20.7 Å². The fourth-order valence-corrected chi connectivity index (χ4v) is 3.26. The van der Waals surface area contributed by atoms with Crippen LogP contribution in [0.4, 0.5) is 11.5 Å². The standard InChI is InChI=1S/C20H14BrClN4O3/c1-2-28-20(27)18-24-17(23-14-5-3-4-12(21)10-14)15-16(26-29-19(15)25-18)11-6-8-13(22)9-7-11/h3-10H,2H2,1H3,(H,23,24,25).